The minimum atomic E-state index is 0.598. The van der Waals surface area contributed by atoms with Gasteiger partial charge in [0.05, 0.1) is 19.0 Å². The van der Waals surface area contributed by atoms with Crippen LogP contribution in [-0.2, 0) is 11.3 Å². The van der Waals surface area contributed by atoms with Gasteiger partial charge in [0.25, 0.3) is 0 Å². The zero-order valence-corrected chi connectivity index (χ0v) is 14.3. The Kier molecular flexibility index (Phi) is 7.10. The fourth-order valence-electron chi connectivity index (χ4n) is 2.29. The van der Waals surface area contributed by atoms with E-state index in [9.17, 15) is 0 Å². The summed E-state index contributed by atoms with van der Waals surface area (Å²) in [4.78, 5) is 0. The van der Waals surface area contributed by atoms with E-state index in [1.807, 2.05) is 30.5 Å². The van der Waals surface area contributed by atoms with E-state index >= 15 is 0 Å². The predicted molar refractivity (Wildman–Crippen MR) is 92.6 cm³/mol. The van der Waals surface area contributed by atoms with Gasteiger partial charge in [0.1, 0.15) is 5.75 Å². The molecular formula is C18H27N3O2. The maximum atomic E-state index is 5.58. The molecule has 0 saturated carbocycles. The monoisotopic (exact) mass is 317 g/mol. The number of H-pyrrole nitrogens is 1. The second kappa shape index (κ2) is 9.33. The quantitative estimate of drug-likeness (QED) is 0.661. The Bertz CT molecular complexity index is 564. The lowest BCUT2D eigenvalue weighted by Gasteiger charge is -2.08. The first-order valence-electron chi connectivity index (χ1n) is 8.16. The molecule has 0 amide bonds. The van der Waals surface area contributed by atoms with Crippen LogP contribution in [0.2, 0.25) is 0 Å². The molecule has 0 radical (unpaired) electrons. The lowest BCUT2D eigenvalue weighted by atomic mass is 10.1. The lowest BCUT2D eigenvalue weighted by Crippen LogP contribution is -2.17. The van der Waals surface area contributed by atoms with Crippen molar-refractivity contribution >= 4 is 0 Å². The lowest BCUT2D eigenvalue weighted by molar-refractivity contribution is 0.108. The zero-order valence-electron chi connectivity index (χ0n) is 14.3. The van der Waals surface area contributed by atoms with Crippen molar-refractivity contribution < 1.29 is 9.47 Å². The Hall–Kier alpha value is -1.85. The second-order valence-corrected chi connectivity index (χ2v) is 6.00. The van der Waals surface area contributed by atoms with Crippen molar-refractivity contribution in [3.63, 3.8) is 0 Å². The van der Waals surface area contributed by atoms with E-state index in [4.69, 9.17) is 9.47 Å². The molecule has 2 aromatic rings. The van der Waals surface area contributed by atoms with Crippen LogP contribution in [0, 0.1) is 5.92 Å². The van der Waals surface area contributed by atoms with Gasteiger partial charge < -0.3 is 14.8 Å². The Morgan fingerprint density at radius 3 is 2.70 bits per heavy atom. The van der Waals surface area contributed by atoms with E-state index in [1.165, 1.54) is 5.56 Å². The van der Waals surface area contributed by atoms with E-state index < -0.39 is 0 Å². The molecule has 0 aliphatic rings. The Balaban J connectivity index is 1.77. The Morgan fingerprint density at radius 2 is 2.00 bits per heavy atom. The summed E-state index contributed by atoms with van der Waals surface area (Å²) < 4.78 is 10.8. The number of ether oxygens (including phenoxy) is 2. The minimum absolute atomic E-state index is 0.598. The van der Waals surface area contributed by atoms with E-state index in [-0.39, 0.29) is 0 Å². The summed E-state index contributed by atoms with van der Waals surface area (Å²) in [6.45, 7) is 7.70. The van der Waals surface area contributed by atoms with Crippen LogP contribution < -0.4 is 10.1 Å². The first-order chi connectivity index (χ1) is 11.2. The van der Waals surface area contributed by atoms with Crippen LogP contribution in [0.3, 0.4) is 0 Å². The Labute approximate surface area is 138 Å². The number of hydrogen-bond donors (Lipinski definition) is 2. The smallest absolute Gasteiger partial charge is 0.118 e. The first kappa shape index (κ1) is 17.5. The van der Waals surface area contributed by atoms with Crippen molar-refractivity contribution in [3.05, 3.63) is 36.0 Å². The average Bonchev–Trinajstić information content (AvgIpc) is 3.02. The molecule has 0 bridgehead atoms. The molecule has 0 unspecified atom stereocenters. The highest BCUT2D eigenvalue weighted by atomic mass is 16.5. The molecule has 0 aliphatic carbocycles. The third-order valence-corrected chi connectivity index (χ3v) is 3.51. The van der Waals surface area contributed by atoms with Crippen molar-refractivity contribution in [1.29, 1.82) is 0 Å². The van der Waals surface area contributed by atoms with Gasteiger partial charge in [0, 0.05) is 30.9 Å². The summed E-state index contributed by atoms with van der Waals surface area (Å²) >= 11 is 0. The fourth-order valence-corrected chi connectivity index (χ4v) is 2.29. The van der Waals surface area contributed by atoms with Crippen molar-refractivity contribution in [2.45, 2.75) is 26.8 Å². The predicted octanol–water partition coefficient (Wildman–Crippen LogP) is 3.24. The highest BCUT2D eigenvalue weighted by Crippen LogP contribution is 2.23. The maximum absolute atomic E-state index is 5.58. The maximum Gasteiger partial charge on any atom is 0.118 e. The molecule has 0 aliphatic heterocycles. The number of nitrogens with zero attached hydrogens (tertiary/aromatic N) is 1. The minimum Gasteiger partial charge on any atom is -0.497 e. The van der Waals surface area contributed by atoms with Crippen LogP contribution in [0.5, 0.6) is 5.75 Å². The average molecular weight is 317 g/mol. The first-order valence-corrected chi connectivity index (χ1v) is 8.16. The Morgan fingerprint density at radius 1 is 1.22 bits per heavy atom. The van der Waals surface area contributed by atoms with E-state index in [0.29, 0.717) is 5.92 Å². The van der Waals surface area contributed by atoms with Gasteiger partial charge in [-0.25, -0.2) is 0 Å². The normalized spacial score (nSPS) is 11.1. The highest BCUT2D eigenvalue weighted by Gasteiger charge is 2.07. The van der Waals surface area contributed by atoms with Crippen molar-refractivity contribution in [2.75, 3.05) is 26.9 Å². The number of rotatable bonds is 10. The molecule has 126 valence electrons. The molecule has 0 spiro atoms. The van der Waals surface area contributed by atoms with Gasteiger partial charge in [-0.15, -0.1) is 0 Å². The molecule has 1 aromatic carbocycles. The molecule has 5 heteroatoms. The summed E-state index contributed by atoms with van der Waals surface area (Å²) in [5, 5.41) is 10.7. The van der Waals surface area contributed by atoms with Gasteiger partial charge in [-0.1, -0.05) is 13.8 Å². The molecule has 2 rings (SSSR count). The van der Waals surface area contributed by atoms with Crippen LogP contribution in [0.25, 0.3) is 11.3 Å². The second-order valence-electron chi connectivity index (χ2n) is 6.00. The van der Waals surface area contributed by atoms with Gasteiger partial charge in [-0.05, 0) is 43.1 Å². The largest absolute Gasteiger partial charge is 0.497 e. The van der Waals surface area contributed by atoms with E-state index in [0.717, 1.165) is 49.7 Å². The highest BCUT2D eigenvalue weighted by molar-refractivity contribution is 5.63. The van der Waals surface area contributed by atoms with Crippen molar-refractivity contribution in [2.24, 2.45) is 5.92 Å². The van der Waals surface area contributed by atoms with Crippen LogP contribution in [0.15, 0.2) is 30.5 Å². The molecule has 5 nitrogen and oxygen atoms in total. The molecule has 0 atom stereocenters. The number of aromatic amines is 1. The number of methoxy groups -OCH3 is 1. The number of hydrogen-bond acceptors (Lipinski definition) is 4. The molecule has 2 N–H and O–H groups in total. The molecule has 0 fully saturated rings. The van der Waals surface area contributed by atoms with E-state index in [2.05, 4.69) is 29.4 Å². The van der Waals surface area contributed by atoms with Crippen LogP contribution in [0.4, 0.5) is 0 Å². The number of aromatic nitrogens is 2. The van der Waals surface area contributed by atoms with E-state index in [1.54, 1.807) is 7.11 Å². The number of benzene rings is 1. The summed E-state index contributed by atoms with van der Waals surface area (Å²) in [5.74, 6) is 1.45. The van der Waals surface area contributed by atoms with Gasteiger partial charge in [0.2, 0.25) is 0 Å². The summed E-state index contributed by atoms with van der Waals surface area (Å²) in [6, 6.07) is 7.99. The summed E-state index contributed by atoms with van der Waals surface area (Å²) in [5.41, 5.74) is 3.33. The summed E-state index contributed by atoms with van der Waals surface area (Å²) in [6.07, 6.45) is 2.89. The standard InChI is InChI=1S/C18H27N3O2/c1-14(2)13-23-10-4-9-19-11-16-12-20-21-18(16)15-5-7-17(22-3)8-6-15/h5-8,12,14,19H,4,9-11,13H2,1-3H3,(H,20,21). The van der Waals surface area contributed by atoms with Crippen LogP contribution in [0.1, 0.15) is 25.8 Å². The third-order valence-electron chi connectivity index (χ3n) is 3.51. The summed E-state index contributed by atoms with van der Waals surface area (Å²) in [7, 11) is 1.67. The van der Waals surface area contributed by atoms with Gasteiger partial charge in [0.15, 0.2) is 0 Å². The number of nitrogens with one attached hydrogen (secondary N) is 2. The van der Waals surface area contributed by atoms with Crippen molar-refractivity contribution in [1.82, 2.24) is 15.5 Å². The van der Waals surface area contributed by atoms with Crippen LogP contribution >= 0.6 is 0 Å². The van der Waals surface area contributed by atoms with Crippen molar-refractivity contribution in [3.8, 4) is 17.0 Å². The molecule has 1 aromatic heterocycles. The molecule has 23 heavy (non-hydrogen) atoms. The van der Waals surface area contributed by atoms with Gasteiger partial charge >= 0.3 is 0 Å². The van der Waals surface area contributed by atoms with Crippen LogP contribution in [-0.4, -0.2) is 37.1 Å². The third kappa shape index (κ3) is 5.69. The van der Waals surface area contributed by atoms with Gasteiger partial charge in [-0.2, -0.15) is 5.10 Å². The van der Waals surface area contributed by atoms with Gasteiger partial charge in [-0.3, -0.25) is 5.10 Å². The zero-order chi connectivity index (χ0) is 16.5. The molecular weight excluding hydrogens is 290 g/mol. The molecule has 1 heterocycles. The SMILES string of the molecule is COc1ccc(-c2[nH]ncc2CNCCCOCC(C)C)cc1. The molecule has 0 saturated heterocycles. The topological polar surface area (TPSA) is 59.2 Å². The fraction of sp³-hybridized carbons (Fsp3) is 0.500.